The van der Waals surface area contributed by atoms with Crippen LogP contribution in [0.15, 0.2) is 78.2 Å². The maximum absolute atomic E-state index is 12.8. The Labute approximate surface area is 177 Å². The van der Waals surface area contributed by atoms with Crippen molar-refractivity contribution in [1.29, 1.82) is 0 Å². The van der Waals surface area contributed by atoms with Crippen molar-refractivity contribution in [3.8, 4) is 11.1 Å². The minimum absolute atomic E-state index is 0.0635. The molecule has 0 bridgehead atoms. The predicted molar refractivity (Wildman–Crippen MR) is 110 cm³/mol. The predicted octanol–water partition coefficient (Wildman–Crippen LogP) is 4.41. The zero-order chi connectivity index (χ0) is 21.9. The molecule has 31 heavy (non-hydrogen) atoms. The molecular weight excluding hydrogens is 407 g/mol. The molecule has 4 rings (SSSR count). The number of pyridine rings is 1. The maximum Gasteiger partial charge on any atom is 0.458 e. The molecule has 1 aromatic heterocycles. The molecule has 0 aliphatic carbocycles. The molecule has 1 aliphatic heterocycles. The van der Waals surface area contributed by atoms with Crippen LogP contribution < -0.4 is 5.32 Å². The zero-order valence-electron chi connectivity index (χ0n) is 16.4. The molecule has 0 radical (unpaired) electrons. The van der Waals surface area contributed by atoms with Gasteiger partial charge >= 0.3 is 12.0 Å². The summed E-state index contributed by atoms with van der Waals surface area (Å²) < 4.78 is 38.5. The monoisotopic (exact) mass is 427 g/mol. The van der Waals surface area contributed by atoms with Gasteiger partial charge in [-0.25, -0.2) is 0 Å². The number of oxime groups is 1. The van der Waals surface area contributed by atoms with E-state index in [-0.39, 0.29) is 5.71 Å². The van der Waals surface area contributed by atoms with Gasteiger partial charge in [0.25, 0.3) is 0 Å². The fourth-order valence-corrected chi connectivity index (χ4v) is 3.25. The lowest BCUT2D eigenvalue weighted by atomic mass is 10.0. The second kappa shape index (κ2) is 8.49. The highest BCUT2D eigenvalue weighted by Gasteiger charge is 2.60. The maximum atomic E-state index is 12.8. The Hall–Kier alpha value is -3.23. The fraction of sp³-hybridized carbons (Fsp3) is 0.217. The van der Waals surface area contributed by atoms with Crippen molar-refractivity contribution < 1.29 is 23.1 Å². The van der Waals surface area contributed by atoms with Gasteiger partial charge < -0.3 is 15.3 Å². The summed E-state index contributed by atoms with van der Waals surface area (Å²) in [5, 5.41) is 16.3. The van der Waals surface area contributed by atoms with Gasteiger partial charge in [-0.1, -0.05) is 53.7 Å². The van der Waals surface area contributed by atoms with Crippen LogP contribution in [0, 0.1) is 0 Å². The number of rotatable bonds is 6. The van der Waals surface area contributed by atoms with Crippen LogP contribution in [0.5, 0.6) is 0 Å². The summed E-state index contributed by atoms with van der Waals surface area (Å²) in [4.78, 5) is 8.28. The molecule has 2 N–H and O–H groups in total. The first-order chi connectivity index (χ1) is 14.8. The van der Waals surface area contributed by atoms with Gasteiger partial charge in [-0.15, -0.1) is 0 Å². The summed E-state index contributed by atoms with van der Waals surface area (Å²) >= 11 is 0. The van der Waals surface area contributed by atoms with Crippen molar-refractivity contribution in [2.24, 2.45) is 5.16 Å². The van der Waals surface area contributed by atoms with Gasteiger partial charge in [0.1, 0.15) is 0 Å². The van der Waals surface area contributed by atoms with E-state index in [2.05, 4.69) is 44.6 Å². The molecule has 0 amide bonds. The summed E-state index contributed by atoms with van der Waals surface area (Å²) in [5.74, 6) is -3.25. The third-order valence-corrected chi connectivity index (χ3v) is 5.07. The van der Waals surface area contributed by atoms with Crippen LogP contribution in [-0.4, -0.2) is 27.8 Å². The molecule has 160 valence electrons. The van der Waals surface area contributed by atoms with Gasteiger partial charge in [0.2, 0.25) is 0 Å². The minimum Gasteiger partial charge on any atom is -0.350 e. The summed E-state index contributed by atoms with van der Waals surface area (Å²) in [7, 11) is 0. The molecule has 3 aromatic rings. The lowest BCUT2D eigenvalue weighted by Crippen LogP contribution is -2.45. The number of halogens is 3. The molecule has 0 saturated carbocycles. The second-order valence-electron chi connectivity index (χ2n) is 7.32. The average molecular weight is 427 g/mol. The van der Waals surface area contributed by atoms with E-state index in [0.29, 0.717) is 18.7 Å². The Morgan fingerprint density at radius 3 is 1.87 bits per heavy atom. The molecule has 5 nitrogen and oxygen atoms in total. The standard InChI is InChI=1S/C23H20F3N3O2/c24-23(25,26)22(30)13-21(29-31-22)20-7-3-17(4-8-20)15-28-14-16-1-5-18(6-2-16)19-9-11-27-12-10-19/h1-12,28,30H,13-15H2. The van der Waals surface area contributed by atoms with Crippen LogP contribution in [-0.2, 0) is 17.9 Å². The van der Waals surface area contributed by atoms with Gasteiger partial charge in [0.15, 0.2) is 0 Å². The molecule has 0 spiro atoms. The van der Waals surface area contributed by atoms with Crippen LogP contribution in [0.4, 0.5) is 13.2 Å². The van der Waals surface area contributed by atoms with E-state index in [1.165, 1.54) is 0 Å². The van der Waals surface area contributed by atoms with Crippen molar-refractivity contribution in [2.45, 2.75) is 31.5 Å². The van der Waals surface area contributed by atoms with Gasteiger partial charge in [-0.3, -0.25) is 4.98 Å². The lowest BCUT2D eigenvalue weighted by molar-refractivity contribution is -0.355. The lowest BCUT2D eigenvalue weighted by Gasteiger charge is -2.22. The average Bonchev–Trinajstić information content (AvgIpc) is 3.19. The number of nitrogens with zero attached hydrogens (tertiary/aromatic N) is 2. The van der Waals surface area contributed by atoms with Crippen molar-refractivity contribution >= 4 is 5.71 Å². The Kier molecular flexibility index (Phi) is 5.75. The first kappa shape index (κ1) is 21.0. The van der Waals surface area contributed by atoms with E-state index in [9.17, 15) is 18.3 Å². The van der Waals surface area contributed by atoms with Crippen LogP contribution in [0.25, 0.3) is 11.1 Å². The summed E-state index contributed by atoms with van der Waals surface area (Å²) in [6.07, 6.45) is -2.11. The highest BCUT2D eigenvalue weighted by Crippen LogP contribution is 2.38. The zero-order valence-corrected chi connectivity index (χ0v) is 16.4. The normalized spacial score (nSPS) is 18.5. The molecule has 0 fully saturated rings. The number of hydrogen-bond acceptors (Lipinski definition) is 5. The minimum atomic E-state index is -4.90. The Morgan fingerprint density at radius 1 is 0.839 bits per heavy atom. The van der Waals surface area contributed by atoms with Crippen molar-refractivity contribution in [3.05, 3.63) is 89.7 Å². The fourth-order valence-electron chi connectivity index (χ4n) is 3.25. The van der Waals surface area contributed by atoms with E-state index in [0.717, 1.165) is 22.3 Å². The third-order valence-electron chi connectivity index (χ3n) is 5.07. The third kappa shape index (κ3) is 4.76. The Bertz CT molecular complexity index is 1050. The largest absolute Gasteiger partial charge is 0.458 e. The van der Waals surface area contributed by atoms with Gasteiger partial charge in [0.05, 0.1) is 12.1 Å². The van der Waals surface area contributed by atoms with Gasteiger partial charge in [-0.05, 0) is 39.9 Å². The number of aromatic nitrogens is 1. The molecule has 1 atom stereocenters. The van der Waals surface area contributed by atoms with E-state index in [1.807, 2.05) is 24.3 Å². The number of alkyl halides is 3. The molecule has 1 unspecified atom stereocenters. The molecule has 2 aromatic carbocycles. The molecule has 8 heteroatoms. The van der Waals surface area contributed by atoms with Crippen LogP contribution in [0.1, 0.15) is 23.1 Å². The number of hydrogen-bond donors (Lipinski definition) is 2. The first-order valence-electron chi connectivity index (χ1n) is 9.68. The van der Waals surface area contributed by atoms with Crippen LogP contribution >= 0.6 is 0 Å². The molecule has 2 heterocycles. The molecular formula is C23H20F3N3O2. The highest BCUT2D eigenvalue weighted by atomic mass is 19.4. The smallest absolute Gasteiger partial charge is 0.350 e. The van der Waals surface area contributed by atoms with Gasteiger partial charge in [0, 0.05) is 25.5 Å². The highest BCUT2D eigenvalue weighted by molar-refractivity contribution is 6.01. The van der Waals surface area contributed by atoms with Gasteiger partial charge in [-0.2, -0.15) is 13.2 Å². The Morgan fingerprint density at radius 2 is 1.35 bits per heavy atom. The summed E-state index contributed by atoms with van der Waals surface area (Å²) in [5.41, 5.74) is 4.89. The van der Waals surface area contributed by atoms with E-state index >= 15 is 0 Å². The van der Waals surface area contributed by atoms with E-state index < -0.39 is 18.4 Å². The Balaban J connectivity index is 1.29. The molecule has 1 aliphatic rings. The van der Waals surface area contributed by atoms with Crippen molar-refractivity contribution in [3.63, 3.8) is 0 Å². The molecule has 0 saturated heterocycles. The second-order valence-corrected chi connectivity index (χ2v) is 7.32. The quantitative estimate of drug-likeness (QED) is 0.612. The SMILES string of the molecule is OC1(C(F)(F)F)CC(c2ccc(CNCc3ccc(-c4ccncc4)cc3)cc2)=NO1. The van der Waals surface area contributed by atoms with Crippen LogP contribution in [0.3, 0.4) is 0 Å². The topological polar surface area (TPSA) is 66.7 Å². The van der Waals surface area contributed by atoms with Crippen molar-refractivity contribution in [2.75, 3.05) is 0 Å². The summed E-state index contributed by atoms with van der Waals surface area (Å²) in [6.45, 7) is 1.28. The number of nitrogens with one attached hydrogen (secondary N) is 1. The van der Waals surface area contributed by atoms with E-state index in [4.69, 9.17) is 0 Å². The van der Waals surface area contributed by atoms with E-state index in [1.54, 1.807) is 24.5 Å². The first-order valence-corrected chi connectivity index (χ1v) is 9.68. The summed E-state index contributed by atoms with van der Waals surface area (Å²) in [6, 6.07) is 19.1. The number of benzene rings is 2. The number of aliphatic hydroxyl groups is 1. The van der Waals surface area contributed by atoms with Crippen LogP contribution in [0.2, 0.25) is 0 Å². The van der Waals surface area contributed by atoms with Crippen molar-refractivity contribution in [1.82, 2.24) is 10.3 Å².